The van der Waals surface area contributed by atoms with Crippen LogP contribution < -0.4 is 9.47 Å². The first kappa shape index (κ1) is 28.2. The number of hydrogen-bond acceptors (Lipinski definition) is 4. The third kappa shape index (κ3) is 5.13. The van der Waals surface area contributed by atoms with Crippen molar-refractivity contribution in [2.24, 2.45) is 10.8 Å². The highest BCUT2D eigenvalue weighted by Gasteiger charge is 2.38. The molecule has 0 aromatic heterocycles. The summed E-state index contributed by atoms with van der Waals surface area (Å²) < 4.78 is 10.8. The van der Waals surface area contributed by atoms with Crippen LogP contribution in [0.1, 0.15) is 52.7 Å². The Morgan fingerprint density at radius 1 is 0.610 bits per heavy atom. The first-order valence-corrected chi connectivity index (χ1v) is 13.8. The van der Waals surface area contributed by atoms with Crippen LogP contribution in [0.5, 0.6) is 11.5 Å². The zero-order chi connectivity index (χ0) is 29.7. The molecule has 5 nitrogen and oxygen atoms in total. The molecule has 2 aliphatic heterocycles. The lowest BCUT2D eigenvalue weighted by Crippen LogP contribution is -2.28. The molecule has 41 heavy (non-hydrogen) atoms. The minimum Gasteiger partial charge on any atom is -0.497 e. The van der Waals surface area contributed by atoms with E-state index < -0.39 is 0 Å². The number of allylic oxidation sites excluding steroid dienone is 9. The maximum absolute atomic E-state index is 13.9. The normalized spacial score (nSPS) is 17.5. The summed E-state index contributed by atoms with van der Waals surface area (Å²) in [6.45, 7) is 12.4. The zero-order valence-electron chi connectivity index (χ0n) is 25.1. The molecule has 2 aromatic carbocycles. The van der Waals surface area contributed by atoms with Gasteiger partial charge in [-0.1, -0.05) is 65.8 Å². The number of benzene rings is 2. The van der Waals surface area contributed by atoms with Gasteiger partial charge in [-0.15, -0.1) is 0 Å². The number of Topliss-reactive ketones (excluding diaryl/α,β-unsaturated/α-hetero) is 1. The van der Waals surface area contributed by atoms with E-state index in [0.29, 0.717) is 5.57 Å². The third-order valence-corrected chi connectivity index (χ3v) is 7.69. The number of carbonyl (C=O) groups excluding carboxylic acids is 2. The first-order chi connectivity index (χ1) is 19.3. The summed E-state index contributed by atoms with van der Waals surface area (Å²) in [7, 11) is 3.26. The molecule has 5 heteroatoms. The molecule has 0 bridgehead atoms. The molecule has 210 valence electrons. The number of fused-ring (bicyclic) bond motifs is 1. The predicted molar refractivity (Wildman–Crippen MR) is 164 cm³/mol. The zero-order valence-corrected chi connectivity index (χ0v) is 25.1. The Kier molecular flexibility index (Phi) is 7.02. The second-order valence-electron chi connectivity index (χ2n) is 12.6. The van der Waals surface area contributed by atoms with E-state index >= 15 is 0 Å². The molecule has 0 atom stereocenters. The molecular formula is C36H37NO4. The Morgan fingerprint density at radius 2 is 1.07 bits per heavy atom. The number of nitrogens with zero attached hydrogens (tertiary/aromatic N) is 1. The topological polar surface area (TPSA) is 55.8 Å². The average Bonchev–Trinajstić information content (AvgIpc) is 3.23. The summed E-state index contributed by atoms with van der Waals surface area (Å²) in [6.07, 6.45) is 9.89. The predicted octanol–water partition coefficient (Wildman–Crippen LogP) is 7.69. The van der Waals surface area contributed by atoms with E-state index in [0.717, 1.165) is 56.2 Å². The van der Waals surface area contributed by atoms with E-state index in [1.165, 1.54) is 0 Å². The second-order valence-corrected chi connectivity index (χ2v) is 12.6. The lowest BCUT2D eigenvalue weighted by Gasteiger charge is -2.32. The van der Waals surface area contributed by atoms with Crippen molar-refractivity contribution in [2.75, 3.05) is 14.2 Å². The lowest BCUT2D eigenvalue weighted by atomic mass is 9.71. The van der Waals surface area contributed by atoms with Crippen molar-refractivity contribution >= 4 is 22.8 Å². The van der Waals surface area contributed by atoms with Gasteiger partial charge >= 0.3 is 0 Å². The Morgan fingerprint density at radius 3 is 1.51 bits per heavy atom. The quantitative estimate of drug-likeness (QED) is 0.394. The minimum atomic E-state index is -0.315. The number of ketones is 1. The summed E-state index contributed by atoms with van der Waals surface area (Å²) in [5.74, 6) is 1.47. The molecule has 0 saturated heterocycles. The fourth-order valence-corrected chi connectivity index (χ4v) is 5.39. The first-order valence-electron chi connectivity index (χ1n) is 13.8. The van der Waals surface area contributed by atoms with Gasteiger partial charge in [0.15, 0.2) is 5.78 Å². The van der Waals surface area contributed by atoms with Crippen LogP contribution in [-0.4, -0.2) is 30.8 Å². The molecule has 0 unspecified atom stereocenters. The van der Waals surface area contributed by atoms with Crippen molar-refractivity contribution < 1.29 is 19.1 Å². The number of amides is 1. The van der Waals surface area contributed by atoms with E-state index in [1.54, 1.807) is 19.1 Å². The fourth-order valence-electron chi connectivity index (χ4n) is 5.39. The Hall–Kier alpha value is -4.38. The van der Waals surface area contributed by atoms with Gasteiger partial charge in [0, 0.05) is 22.9 Å². The van der Waals surface area contributed by atoms with Crippen molar-refractivity contribution in [1.82, 2.24) is 4.90 Å². The fraction of sp³-hybridized carbons (Fsp3) is 0.278. The van der Waals surface area contributed by atoms with Gasteiger partial charge in [0.2, 0.25) is 0 Å². The lowest BCUT2D eigenvalue weighted by molar-refractivity contribution is -0.120. The van der Waals surface area contributed by atoms with Gasteiger partial charge in [0.25, 0.3) is 5.91 Å². The molecule has 0 spiro atoms. The number of rotatable bonds is 4. The van der Waals surface area contributed by atoms with Gasteiger partial charge in [-0.25, -0.2) is 0 Å². The van der Waals surface area contributed by atoms with Gasteiger partial charge in [0.1, 0.15) is 11.5 Å². The van der Waals surface area contributed by atoms with Crippen LogP contribution in [0.3, 0.4) is 0 Å². The van der Waals surface area contributed by atoms with Crippen LogP contribution in [-0.2, 0) is 9.59 Å². The molecule has 0 fully saturated rings. The van der Waals surface area contributed by atoms with Gasteiger partial charge in [-0.3, -0.25) is 14.5 Å². The number of methoxy groups -OCH3 is 2. The van der Waals surface area contributed by atoms with Crippen molar-refractivity contribution in [3.05, 3.63) is 118 Å². The molecule has 5 rings (SSSR count). The van der Waals surface area contributed by atoms with Crippen LogP contribution in [0, 0.1) is 10.8 Å². The summed E-state index contributed by atoms with van der Waals surface area (Å²) in [4.78, 5) is 29.2. The van der Waals surface area contributed by atoms with Crippen LogP contribution in [0.25, 0.3) is 11.1 Å². The summed E-state index contributed by atoms with van der Waals surface area (Å²) in [5, 5.41) is 0. The highest BCUT2D eigenvalue weighted by Crippen LogP contribution is 2.46. The van der Waals surface area contributed by atoms with Gasteiger partial charge in [-0.05, 0) is 81.7 Å². The SMILES string of the molecule is COc1ccc(C2=C(c3ccc(OC)cc3)C3=CC(=C4C=C(C(C)(C)C)C(=O)C(C(C)(C)C)=C4)C=CN3C2=O)cc1. The molecule has 3 aliphatic rings. The summed E-state index contributed by atoms with van der Waals surface area (Å²) in [5.41, 5.74) is 6.83. The second kappa shape index (κ2) is 10.2. The molecular weight excluding hydrogens is 510 g/mol. The monoisotopic (exact) mass is 547 g/mol. The maximum Gasteiger partial charge on any atom is 0.263 e. The van der Waals surface area contributed by atoms with E-state index in [9.17, 15) is 9.59 Å². The highest BCUT2D eigenvalue weighted by molar-refractivity contribution is 6.34. The molecule has 1 amide bonds. The molecule has 0 saturated carbocycles. The van der Waals surface area contributed by atoms with Crippen LogP contribution in [0.2, 0.25) is 0 Å². The van der Waals surface area contributed by atoms with Gasteiger partial charge in [0.05, 0.1) is 25.5 Å². The highest BCUT2D eigenvalue weighted by atomic mass is 16.5. The largest absolute Gasteiger partial charge is 0.497 e. The molecule has 1 aliphatic carbocycles. The maximum atomic E-state index is 13.9. The number of ether oxygens (including phenoxy) is 2. The van der Waals surface area contributed by atoms with Crippen molar-refractivity contribution in [3.8, 4) is 11.5 Å². The number of hydrogen-bond donors (Lipinski definition) is 0. The van der Waals surface area contributed by atoms with E-state index in [1.807, 2.05) is 73.0 Å². The summed E-state index contributed by atoms with van der Waals surface area (Å²) in [6, 6.07) is 15.3. The van der Waals surface area contributed by atoms with E-state index in [-0.39, 0.29) is 22.5 Å². The Bertz CT molecular complexity index is 1570. The minimum absolute atomic E-state index is 0.0943. The van der Waals surface area contributed by atoms with E-state index in [2.05, 4.69) is 47.6 Å². The van der Waals surface area contributed by atoms with E-state index in [4.69, 9.17) is 9.47 Å². The Balaban J connectivity index is 1.75. The average molecular weight is 548 g/mol. The van der Waals surface area contributed by atoms with Crippen LogP contribution in [0.4, 0.5) is 0 Å². The van der Waals surface area contributed by atoms with Crippen molar-refractivity contribution in [1.29, 1.82) is 0 Å². The number of carbonyl (C=O) groups is 2. The van der Waals surface area contributed by atoms with Gasteiger partial charge in [-0.2, -0.15) is 0 Å². The summed E-state index contributed by atoms with van der Waals surface area (Å²) >= 11 is 0. The van der Waals surface area contributed by atoms with Crippen molar-refractivity contribution in [2.45, 2.75) is 41.5 Å². The molecule has 0 radical (unpaired) electrons. The smallest absolute Gasteiger partial charge is 0.263 e. The van der Waals surface area contributed by atoms with Crippen LogP contribution in [0.15, 0.2) is 107 Å². The van der Waals surface area contributed by atoms with Gasteiger partial charge < -0.3 is 9.47 Å². The molecule has 2 aromatic rings. The standard InChI is InChI=1S/C36H37NO4/c1-35(2,3)28-19-25(20-29(33(28)38)36(4,5)6)24-17-18-37-30(21-24)31(22-9-13-26(40-7)14-10-22)32(34(37)39)23-11-15-27(41-8)16-12-23/h9-21H,1-8H3. The molecule has 0 N–H and O–H groups in total. The van der Waals surface area contributed by atoms with Crippen LogP contribution >= 0.6 is 0 Å². The molecule has 2 heterocycles. The third-order valence-electron chi connectivity index (χ3n) is 7.69. The Labute approximate surface area is 242 Å². The van der Waals surface area contributed by atoms with Crippen molar-refractivity contribution in [3.63, 3.8) is 0 Å².